The second-order valence-corrected chi connectivity index (χ2v) is 17.5. The number of nitrogens with one attached hydrogen (secondary N) is 1. The summed E-state index contributed by atoms with van der Waals surface area (Å²) in [6, 6.07) is -0.861. The van der Waals surface area contributed by atoms with Gasteiger partial charge in [-0.25, -0.2) is 4.57 Å². The number of amides is 1. The van der Waals surface area contributed by atoms with Crippen molar-refractivity contribution >= 4 is 13.7 Å². The zero-order chi connectivity index (χ0) is 42.8. The van der Waals surface area contributed by atoms with E-state index in [1.54, 1.807) is 6.08 Å². The third-order valence-corrected chi connectivity index (χ3v) is 10.3. The Bertz CT molecular complexity index is 1260. The first-order valence-electron chi connectivity index (χ1n) is 22.6. The topological polar surface area (TPSA) is 105 Å². The Morgan fingerprint density at radius 3 is 1.52 bits per heavy atom. The second-order valence-electron chi connectivity index (χ2n) is 16.0. The highest BCUT2D eigenvalue weighted by Crippen LogP contribution is 2.43. The molecule has 0 saturated heterocycles. The Hall–Kier alpha value is -2.58. The molecular weight excluding hydrogens is 744 g/mol. The Morgan fingerprint density at radius 1 is 0.603 bits per heavy atom. The minimum atomic E-state index is -4.34. The van der Waals surface area contributed by atoms with Crippen molar-refractivity contribution in [2.45, 2.75) is 167 Å². The maximum atomic E-state index is 12.8. The van der Waals surface area contributed by atoms with Gasteiger partial charge in [0.05, 0.1) is 39.9 Å². The Balaban J connectivity index is 4.31. The molecule has 0 aromatic heterocycles. The highest BCUT2D eigenvalue weighted by atomic mass is 31.2. The molecule has 0 spiro atoms. The highest BCUT2D eigenvalue weighted by molar-refractivity contribution is 7.47. The van der Waals surface area contributed by atoms with Gasteiger partial charge in [0.1, 0.15) is 13.2 Å². The van der Waals surface area contributed by atoms with Crippen LogP contribution in [0.3, 0.4) is 0 Å². The molecule has 0 aliphatic carbocycles. The van der Waals surface area contributed by atoms with E-state index in [0.717, 1.165) is 103 Å². The van der Waals surface area contributed by atoms with E-state index in [1.165, 1.54) is 32.1 Å². The first-order valence-corrected chi connectivity index (χ1v) is 24.1. The van der Waals surface area contributed by atoms with Crippen LogP contribution in [0.4, 0.5) is 0 Å². The number of hydrogen-bond donors (Lipinski definition) is 3. The normalized spacial score (nSPS) is 15.2. The van der Waals surface area contributed by atoms with Crippen LogP contribution in [0.25, 0.3) is 0 Å². The zero-order valence-electron chi connectivity index (χ0n) is 37.5. The van der Waals surface area contributed by atoms with E-state index in [9.17, 15) is 19.4 Å². The van der Waals surface area contributed by atoms with Crippen LogP contribution >= 0.6 is 7.82 Å². The Kier molecular flexibility index (Phi) is 38.1. The SMILES string of the molecule is CC/C=C\C/C=C\C/C=C\C/C=C\C/C=C\C/C=C\C/C=C\CCCCCCCC(=O)NC(COP(=O)(O)OCC[N+](C)(C)C)C(O)/C=C/CCCCCCCCC. The summed E-state index contributed by atoms with van der Waals surface area (Å²) in [5, 5.41) is 13.7. The number of allylic oxidation sites excluding steroid dienone is 15. The highest BCUT2D eigenvalue weighted by Gasteiger charge is 2.27. The molecule has 8 nitrogen and oxygen atoms in total. The number of carbonyl (C=O) groups is 1. The summed E-state index contributed by atoms with van der Waals surface area (Å²) in [5.74, 6) is -0.204. The average molecular weight is 830 g/mol. The molecule has 0 aliphatic heterocycles. The van der Waals surface area contributed by atoms with Crippen LogP contribution in [-0.2, 0) is 18.4 Å². The second kappa shape index (κ2) is 39.9. The van der Waals surface area contributed by atoms with Crippen molar-refractivity contribution in [1.29, 1.82) is 0 Å². The maximum Gasteiger partial charge on any atom is 0.472 e. The summed E-state index contributed by atoms with van der Waals surface area (Å²) >= 11 is 0. The molecule has 332 valence electrons. The van der Waals surface area contributed by atoms with Gasteiger partial charge in [0, 0.05) is 6.42 Å². The third kappa shape index (κ3) is 41.6. The van der Waals surface area contributed by atoms with Gasteiger partial charge >= 0.3 is 7.82 Å². The fourth-order valence-electron chi connectivity index (χ4n) is 5.72. The first kappa shape index (κ1) is 55.4. The van der Waals surface area contributed by atoms with Crippen molar-refractivity contribution in [1.82, 2.24) is 5.32 Å². The molecule has 0 aliphatic rings. The molecule has 0 radical (unpaired) electrons. The summed E-state index contributed by atoms with van der Waals surface area (Å²) in [6.07, 6.45) is 56.3. The van der Waals surface area contributed by atoms with Crippen LogP contribution in [0.2, 0.25) is 0 Å². The number of likely N-dealkylation sites (N-methyl/N-ethyl adjacent to an activating group) is 1. The van der Waals surface area contributed by atoms with Crippen molar-refractivity contribution in [3.05, 3.63) is 97.2 Å². The standard InChI is InChI=1S/C49H85N2O6P/c1-6-8-10-12-14-16-17-18-19-20-21-22-23-24-25-26-27-28-29-30-31-32-33-35-37-39-41-43-49(53)50-47(46-57-58(54,55)56-45-44-51(3,4)5)48(52)42-40-38-36-34-15-13-11-9-7-2/h8,10,14,16,18-19,21-22,24-25,27-28,30-31,40,42,47-48,52H,6-7,9,11-13,15,17,20,23,26,29,32-39,41,43-46H2,1-5H3,(H-,50,53,54,55)/p+1/b10-8-,16-14-,19-18-,22-21-,25-24-,28-27-,31-30-,42-40+. The van der Waals surface area contributed by atoms with E-state index in [-0.39, 0.29) is 19.1 Å². The van der Waals surface area contributed by atoms with E-state index >= 15 is 0 Å². The number of aliphatic hydroxyl groups is 1. The number of carbonyl (C=O) groups excluding carboxylic acids is 1. The van der Waals surface area contributed by atoms with Gasteiger partial charge in [0.2, 0.25) is 5.91 Å². The van der Waals surface area contributed by atoms with E-state index in [0.29, 0.717) is 17.4 Å². The molecule has 0 aromatic rings. The van der Waals surface area contributed by atoms with Gasteiger partial charge in [-0.15, -0.1) is 0 Å². The molecule has 3 atom stereocenters. The summed E-state index contributed by atoms with van der Waals surface area (Å²) in [5.41, 5.74) is 0. The number of aliphatic hydroxyl groups excluding tert-OH is 1. The van der Waals surface area contributed by atoms with Crippen molar-refractivity contribution in [2.24, 2.45) is 0 Å². The summed E-state index contributed by atoms with van der Waals surface area (Å²) in [6.45, 7) is 4.62. The number of phosphoric ester groups is 1. The summed E-state index contributed by atoms with van der Waals surface area (Å²) in [7, 11) is 1.54. The number of phosphoric acid groups is 1. The van der Waals surface area contributed by atoms with Crippen LogP contribution < -0.4 is 5.32 Å². The Labute approximate surface area is 356 Å². The molecule has 3 unspecified atom stereocenters. The first-order chi connectivity index (χ1) is 28.0. The van der Waals surface area contributed by atoms with Gasteiger partial charge in [-0.3, -0.25) is 13.8 Å². The molecule has 0 saturated carbocycles. The largest absolute Gasteiger partial charge is 0.472 e. The lowest BCUT2D eigenvalue weighted by Crippen LogP contribution is -2.45. The molecule has 3 N–H and O–H groups in total. The van der Waals surface area contributed by atoms with Crippen molar-refractivity contribution in [3.8, 4) is 0 Å². The lowest BCUT2D eigenvalue weighted by atomic mass is 10.1. The predicted molar refractivity (Wildman–Crippen MR) is 249 cm³/mol. The van der Waals surface area contributed by atoms with Gasteiger partial charge in [-0.05, 0) is 77.0 Å². The average Bonchev–Trinajstić information content (AvgIpc) is 3.17. The molecule has 0 heterocycles. The van der Waals surface area contributed by atoms with Gasteiger partial charge in [0.25, 0.3) is 0 Å². The lowest BCUT2D eigenvalue weighted by Gasteiger charge is -2.25. The van der Waals surface area contributed by atoms with E-state index < -0.39 is 20.0 Å². The van der Waals surface area contributed by atoms with Gasteiger partial charge in [-0.1, -0.05) is 169 Å². The van der Waals surface area contributed by atoms with Crippen molar-refractivity contribution in [3.63, 3.8) is 0 Å². The van der Waals surface area contributed by atoms with Crippen molar-refractivity contribution < 1.29 is 32.9 Å². The summed E-state index contributed by atoms with van der Waals surface area (Å²) in [4.78, 5) is 23.1. The van der Waals surface area contributed by atoms with E-state index in [2.05, 4.69) is 104 Å². The summed E-state index contributed by atoms with van der Waals surface area (Å²) < 4.78 is 23.5. The molecule has 0 rings (SSSR count). The Morgan fingerprint density at radius 2 is 1.03 bits per heavy atom. The lowest BCUT2D eigenvalue weighted by molar-refractivity contribution is -0.870. The fraction of sp³-hybridized carbons (Fsp3) is 0.653. The number of unbranched alkanes of at least 4 members (excludes halogenated alkanes) is 12. The monoisotopic (exact) mass is 830 g/mol. The van der Waals surface area contributed by atoms with Crippen LogP contribution in [0.1, 0.15) is 155 Å². The quantitative estimate of drug-likeness (QED) is 0.0247. The van der Waals surface area contributed by atoms with Crippen LogP contribution in [0.5, 0.6) is 0 Å². The molecular formula is C49H86N2O6P+. The number of quaternary nitrogens is 1. The van der Waals surface area contributed by atoms with Gasteiger partial charge in [0.15, 0.2) is 0 Å². The molecule has 1 amide bonds. The fourth-order valence-corrected chi connectivity index (χ4v) is 6.46. The van der Waals surface area contributed by atoms with Gasteiger partial charge < -0.3 is 19.8 Å². The van der Waals surface area contributed by atoms with Crippen LogP contribution in [-0.4, -0.2) is 73.4 Å². The smallest absolute Gasteiger partial charge is 0.387 e. The van der Waals surface area contributed by atoms with Crippen molar-refractivity contribution in [2.75, 3.05) is 40.9 Å². The predicted octanol–water partition coefficient (Wildman–Crippen LogP) is 12.7. The molecule has 0 bridgehead atoms. The maximum absolute atomic E-state index is 12.8. The zero-order valence-corrected chi connectivity index (χ0v) is 38.4. The van der Waals surface area contributed by atoms with Crippen LogP contribution in [0.15, 0.2) is 97.2 Å². The van der Waals surface area contributed by atoms with Crippen LogP contribution in [0, 0.1) is 0 Å². The number of nitrogens with zero attached hydrogens (tertiary/aromatic N) is 1. The minimum absolute atomic E-state index is 0.0514. The molecule has 9 heteroatoms. The molecule has 58 heavy (non-hydrogen) atoms. The van der Waals surface area contributed by atoms with Gasteiger partial charge in [-0.2, -0.15) is 0 Å². The number of rotatable bonds is 39. The minimum Gasteiger partial charge on any atom is -0.387 e. The third-order valence-electron chi connectivity index (χ3n) is 9.31. The molecule has 0 fully saturated rings. The van der Waals surface area contributed by atoms with E-state index in [4.69, 9.17) is 9.05 Å². The number of hydrogen-bond acceptors (Lipinski definition) is 5. The van der Waals surface area contributed by atoms with E-state index in [1.807, 2.05) is 27.2 Å². The molecule has 0 aromatic carbocycles.